The number of aromatic nitrogens is 2. The minimum Gasteiger partial charge on any atom is -0.454 e. The number of likely N-dealkylation sites (tertiary alicyclic amines) is 1. The van der Waals surface area contributed by atoms with Gasteiger partial charge in [0.05, 0.1) is 12.2 Å². The van der Waals surface area contributed by atoms with E-state index in [0.717, 1.165) is 50.7 Å². The smallest absolute Gasteiger partial charge is 0.231 e. The van der Waals surface area contributed by atoms with Gasteiger partial charge in [0.15, 0.2) is 11.5 Å². The van der Waals surface area contributed by atoms with Crippen LogP contribution in [0.1, 0.15) is 18.4 Å². The lowest BCUT2D eigenvalue weighted by molar-refractivity contribution is -0.180. The number of nitrogens with one attached hydrogen (secondary N) is 1. The summed E-state index contributed by atoms with van der Waals surface area (Å²) in [6, 6.07) is 8.03. The number of hydrogen-bond acceptors (Lipinski definition) is 7. The van der Waals surface area contributed by atoms with Crippen molar-refractivity contribution in [2.24, 2.45) is 5.92 Å². The molecule has 2 saturated heterocycles. The number of anilines is 1. The largest absolute Gasteiger partial charge is 0.454 e. The predicted octanol–water partition coefficient (Wildman–Crippen LogP) is 2.30. The van der Waals surface area contributed by atoms with Crippen LogP contribution in [0.4, 0.5) is 5.95 Å². The topological polar surface area (TPSA) is 68.7 Å². The maximum Gasteiger partial charge on any atom is 0.231 e. The molecule has 27 heavy (non-hydrogen) atoms. The van der Waals surface area contributed by atoms with Gasteiger partial charge in [0, 0.05) is 38.6 Å². The van der Waals surface area contributed by atoms with Gasteiger partial charge < -0.3 is 19.5 Å². The fourth-order valence-electron chi connectivity index (χ4n) is 4.13. The van der Waals surface area contributed by atoms with E-state index in [4.69, 9.17) is 14.2 Å². The van der Waals surface area contributed by atoms with E-state index >= 15 is 0 Å². The van der Waals surface area contributed by atoms with Gasteiger partial charge in [-0.3, -0.25) is 4.90 Å². The number of ether oxygens (including phenoxy) is 3. The molecular weight excluding hydrogens is 344 g/mol. The van der Waals surface area contributed by atoms with Crippen molar-refractivity contribution in [3.8, 4) is 11.5 Å². The molecule has 0 amide bonds. The molecular formula is C20H24N4O3. The molecule has 0 radical (unpaired) electrons. The Morgan fingerprint density at radius 3 is 2.81 bits per heavy atom. The van der Waals surface area contributed by atoms with Crippen LogP contribution in [0.5, 0.6) is 11.5 Å². The van der Waals surface area contributed by atoms with Gasteiger partial charge >= 0.3 is 0 Å². The van der Waals surface area contributed by atoms with Crippen LogP contribution < -0.4 is 14.8 Å². The minimum absolute atomic E-state index is 0.0517. The normalized spacial score (nSPS) is 23.2. The number of nitrogens with zero attached hydrogens (tertiary/aromatic N) is 3. The Morgan fingerprint density at radius 1 is 1.15 bits per heavy atom. The second-order valence-electron chi connectivity index (χ2n) is 7.68. The highest BCUT2D eigenvalue weighted by Gasteiger charge is 2.46. The number of fused-ring (bicyclic) bond motifs is 1. The van der Waals surface area contributed by atoms with Gasteiger partial charge in [0.25, 0.3) is 0 Å². The first kappa shape index (κ1) is 16.8. The lowest BCUT2D eigenvalue weighted by Crippen LogP contribution is -2.64. The Balaban J connectivity index is 1.07. The van der Waals surface area contributed by atoms with Gasteiger partial charge in [-0.1, -0.05) is 6.07 Å². The van der Waals surface area contributed by atoms with Gasteiger partial charge in [0.1, 0.15) is 0 Å². The molecule has 7 nitrogen and oxygen atoms in total. The first-order valence-electron chi connectivity index (χ1n) is 9.54. The molecule has 1 N–H and O–H groups in total. The Labute approximate surface area is 158 Å². The van der Waals surface area contributed by atoms with Crippen LogP contribution in [-0.2, 0) is 11.3 Å². The standard InChI is InChI=1S/C20H24N4O3/c1-6-21-19(22-7-1)23-9-16-4-5-20(27-11-16)12-24(13-20)10-15-2-3-17-18(8-15)26-14-25-17/h1-3,6-8,16H,4-5,9-14H2,(H,21,22,23). The average molecular weight is 368 g/mol. The zero-order valence-corrected chi connectivity index (χ0v) is 15.3. The van der Waals surface area contributed by atoms with Crippen LogP contribution in [-0.4, -0.2) is 53.5 Å². The zero-order valence-electron chi connectivity index (χ0n) is 15.3. The van der Waals surface area contributed by atoms with Gasteiger partial charge in [0.2, 0.25) is 12.7 Å². The second kappa shape index (κ2) is 6.98. The molecule has 3 aliphatic rings. The van der Waals surface area contributed by atoms with Crippen LogP contribution in [0.2, 0.25) is 0 Å². The quantitative estimate of drug-likeness (QED) is 0.868. The summed E-state index contributed by atoms with van der Waals surface area (Å²) >= 11 is 0. The van der Waals surface area contributed by atoms with E-state index < -0.39 is 0 Å². The van der Waals surface area contributed by atoms with Crippen molar-refractivity contribution in [2.45, 2.75) is 25.0 Å². The van der Waals surface area contributed by atoms with Crippen LogP contribution in [0.25, 0.3) is 0 Å². The zero-order chi connectivity index (χ0) is 18.1. The van der Waals surface area contributed by atoms with E-state index in [9.17, 15) is 0 Å². The van der Waals surface area contributed by atoms with Crippen molar-refractivity contribution in [3.63, 3.8) is 0 Å². The van der Waals surface area contributed by atoms with Crippen LogP contribution >= 0.6 is 0 Å². The summed E-state index contributed by atoms with van der Waals surface area (Å²) < 4.78 is 17.1. The summed E-state index contributed by atoms with van der Waals surface area (Å²) in [4.78, 5) is 10.8. The van der Waals surface area contributed by atoms with Crippen molar-refractivity contribution in [3.05, 3.63) is 42.2 Å². The Kier molecular flexibility index (Phi) is 4.33. The predicted molar refractivity (Wildman–Crippen MR) is 99.8 cm³/mol. The molecule has 1 aromatic heterocycles. The lowest BCUT2D eigenvalue weighted by atomic mass is 9.82. The van der Waals surface area contributed by atoms with Gasteiger partial charge in [-0.25, -0.2) is 9.97 Å². The second-order valence-corrected chi connectivity index (χ2v) is 7.68. The molecule has 3 aliphatic heterocycles. The summed E-state index contributed by atoms with van der Waals surface area (Å²) in [6.45, 7) is 4.93. The number of rotatable bonds is 5. The average Bonchev–Trinajstić information content (AvgIpc) is 3.15. The van der Waals surface area contributed by atoms with E-state index in [1.807, 2.05) is 12.1 Å². The molecule has 7 heteroatoms. The molecule has 0 saturated carbocycles. The summed E-state index contributed by atoms with van der Waals surface area (Å²) in [6.07, 6.45) is 5.81. The summed E-state index contributed by atoms with van der Waals surface area (Å²) in [5, 5.41) is 3.30. The van der Waals surface area contributed by atoms with Crippen LogP contribution in [0.3, 0.4) is 0 Å². The molecule has 1 unspecified atom stereocenters. The maximum atomic E-state index is 6.28. The molecule has 4 heterocycles. The first-order chi connectivity index (χ1) is 13.3. The van der Waals surface area contributed by atoms with E-state index in [0.29, 0.717) is 18.7 Å². The lowest BCUT2D eigenvalue weighted by Gasteiger charge is -2.53. The molecule has 1 atom stereocenters. The number of hydrogen-bond donors (Lipinski definition) is 1. The van der Waals surface area contributed by atoms with E-state index in [2.05, 4.69) is 32.3 Å². The molecule has 2 fully saturated rings. The monoisotopic (exact) mass is 368 g/mol. The molecule has 142 valence electrons. The van der Waals surface area contributed by atoms with E-state index in [1.165, 1.54) is 12.0 Å². The number of benzene rings is 1. The van der Waals surface area contributed by atoms with Crippen molar-refractivity contribution >= 4 is 5.95 Å². The summed E-state index contributed by atoms with van der Waals surface area (Å²) in [7, 11) is 0. The van der Waals surface area contributed by atoms with Gasteiger partial charge in [-0.05, 0) is 42.5 Å². The molecule has 1 spiro atoms. The molecule has 2 aromatic rings. The van der Waals surface area contributed by atoms with Crippen molar-refractivity contribution in [1.29, 1.82) is 0 Å². The highest BCUT2D eigenvalue weighted by molar-refractivity contribution is 5.44. The fraction of sp³-hybridized carbons (Fsp3) is 0.500. The first-order valence-corrected chi connectivity index (χ1v) is 9.54. The van der Waals surface area contributed by atoms with Crippen molar-refractivity contribution < 1.29 is 14.2 Å². The van der Waals surface area contributed by atoms with Gasteiger partial charge in [-0.2, -0.15) is 0 Å². The Hall–Kier alpha value is -2.38. The fourth-order valence-corrected chi connectivity index (χ4v) is 4.13. The molecule has 0 bridgehead atoms. The molecule has 0 aliphatic carbocycles. The summed E-state index contributed by atoms with van der Waals surface area (Å²) in [5.41, 5.74) is 1.31. The maximum absolute atomic E-state index is 6.28. The molecule has 5 rings (SSSR count). The Morgan fingerprint density at radius 2 is 2.00 bits per heavy atom. The Bertz CT molecular complexity index is 785. The minimum atomic E-state index is 0.0517. The van der Waals surface area contributed by atoms with E-state index in [-0.39, 0.29) is 5.60 Å². The highest BCUT2D eigenvalue weighted by Crippen LogP contribution is 2.38. The van der Waals surface area contributed by atoms with E-state index in [1.54, 1.807) is 12.4 Å². The van der Waals surface area contributed by atoms with Gasteiger partial charge in [-0.15, -0.1) is 0 Å². The SMILES string of the molecule is c1cnc(NCC2CCC3(CN(Cc4ccc5c(c4)OCO5)C3)OC2)nc1. The molecule has 1 aromatic carbocycles. The van der Waals surface area contributed by atoms with Crippen molar-refractivity contribution in [1.82, 2.24) is 14.9 Å². The van der Waals surface area contributed by atoms with Crippen molar-refractivity contribution in [2.75, 3.05) is 38.4 Å². The summed E-state index contributed by atoms with van der Waals surface area (Å²) in [5.74, 6) is 2.91. The highest BCUT2D eigenvalue weighted by atomic mass is 16.7. The van der Waals surface area contributed by atoms with Crippen LogP contribution in [0.15, 0.2) is 36.7 Å². The third-order valence-electron chi connectivity index (χ3n) is 5.61. The van der Waals surface area contributed by atoms with Crippen LogP contribution in [0, 0.1) is 5.92 Å². The third-order valence-corrected chi connectivity index (χ3v) is 5.61. The third kappa shape index (κ3) is 3.57.